The van der Waals surface area contributed by atoms with Gasteiger partial charge >= 0.3 is 18.4 Å². The van der Waals surface area contributed by atoms with Gasteiger partial charge in [-0.2, -0.15) is 45.6 Å². The standard InChI is InChI=1S/C28H24F6N6O3S/c29-27(30,31)17-43-26-38-24(37-25(39-26)36-22-7-3-6-21(14-22)28(32,33)34)35-15-18-8-10-23(11-9-18)44(41,42)40-13-12-19-4-1-2-5-20(19)16-40/h1-11,14H,12-13,15-17H2,(H2,35,36,37,38,39). The molecule has 0 unspecified atom stereocenters. The van der Waals surface area contributed by atoms with Crippen LogP contribution in [0, 0.1) is 0 Å². The topological polar surface area (TPSA) is 109 Å². The van der Waals surface area contributed by atoms with E-state index in [1.807, 2.05) is 24.3 Å². The molecule has 232 valence electrons. The molecule has 1 aliphatic rings. The molecule has 44 heavy (non-hydrogen) atoms. The summed E-state index contributed by atoms with van der Waals surface area (Å²) in [7, 11) is -3.77. The van der Waals surface area contributed by atoms with Crippen LogP contribution in [0.5, 0.6) is 6.01 Å². The molecule has 2 heterocycles. The van der Waals surface area contributed by atoms with Crippen LogP contribution in [0.2, 0.25) is 0 Å². The van der Waals surface area contributed by atoms with Crippen LogP contribution in [0.3, 0.4) is 0 Å². The second-order valence-corrected chi connectivity index (χ2v) is 11.7. The first kappa shape index (κ1) is 31.0. The highest BCUT2D eigenvalue weighted by molar-refractivity contribution is 7.89. The molecule has 0 radical (unpaired) electrons. The third kappa shape index (κ3) is 7.74. The fourth-order valence-corrected chi connectivity index (χ4v) is 5.81. The van der Waals surface area contributed by atoms with Crippen LogP contribution in [-0.2, 0) is 35.7 Å². The molecule has 0 spiro atoms. The largest absolute Gasteiger partial charge is 0.454 e. The molecule has 0 atom stereocenters. The highest BCUT2D eigenvalue weighted by Gasteiger charge is 2.31. The number of hydrogen-bond donors (Lipinski definition) is 2. The number of aromatic nitrogens is 3. The van der Waals surface area contributed by atoms with Gasteiger partial charge in [0.2, 0.25) is 21.9 Å². The van der Waals surface area contributed by atoms with Crippen LogP contribution in [0.25, 0.3) is 0 Å². The molecule has 5 rings (SSSR count). The number of halogens is 6. The van der Waals surface area contributed by atoms with E-state index in [4.69, 9.17) is 0 Å². The Bertz CT molecular complexity index is 1730. The summed E-state index contributed by atoms with van der Waals surface area (Å²) in [6, 6.07) is 17.0. The van der Waals surface area contributed by atoms with Crippen molar-refractivity contribution in [3.05, 3.63) is 95.1 Å². The van der Waals surface area contributed by atoms with Crippen LogP contribution in [0.15, 0.2) is 77.7 Å². The van der Waals surface area contributed by atoms with E-state index in [1.165, 1.54) is 22.5 Å². The van der Waals surface area contributed by atoms with Gasteiger partial charge in [0.25, 0.3) is 0 Å². The number of rotatable bonds is 9. The quantitative estimate of drug-likeness (QED) is 0.217. The van der Waals surface area contributed by atoms with Crippen LogP contribution in [0.4, 0.5) is 43.9 Å². The van der Waals surface area contributed by atoms with E-state index < -0.39 is 40.6 Å². The van der Waals surface area contributed by atoms with Gasteiger partial charge in [-0.1, -0.05) is 42.5 Å². The Kier molecular flexibility index (Phi) is 8.65. The third-order valence-electron chi connectivity index (χ3n) is 6.53. The Labute approximate surface area is 248 Å². The number of anilines is 3. The summed E-state index contributed by atoms with van der Waals surface area (Å²) in [6.45, 7) is -1.09. The van der Waals surface area contributed by atoms with Gasteiger partial charge in [0, 0.05) is 25.3 Å². The van der Waals surface area contributed by atoms with Crippen LogP contribution in [0.1, 0.15) is 22.3 Å². The van der Waals surface area contributed by atoms with Crippen molar-refractivity contribution in [2.24, 2.45) is 0 Å². The van der Waals surface area contributed by atoms with Crippen molar-refractivity contribution in [1.29, 1.82) is 0 Å². The van der Waals surface area contributed by atoms with Crippen molar-refractivity contribution in [3.63, 3.8) is 0 Å². The van der Waals surface area contributed by atoms with Gasteiger partial charge in [-0.25, -0.2) is 8.42 Å². The summed E-state index contributed by atoms with van der Waals surface area (Å²) >= 11 is 0. The Morgan fingerprint density at radius 1 is 0.841 bits per heavy atom. The monoisotopic (exact) mass is 638 g/mol. The second-order valence-electron chi connectivity index (χ2n) is 9.73. The molecule has 0 bridgehead atoms. The maximum atomic E-state index is 13.2. The average molecular weight is 639 g/mol. The van der Waals surface area contributed by atoms with Gasteiger partial charge in [-0.15, -0.1) is 0 Å². The van der Waals surface area contributed by atoms with Crippen LogP contribution in [-0.4, -0.2) is 47.0 Å². The minimum absolute atomic E-state index is 0.0170. The van der Waals surface area contributed by atoms with Gasteiger partial charge < -0.3 is 15.4 Å². The Morgan fingerprint density at radius 2 is 1.55 bits per heavy atom. The lowest BCUT2D eigenvalue weighted by molar-refractivity contribution is -0.154. The molecule has 0 aliphatic carbocycles. The average Bonchev–Trinajstić information content (AvgIpc) is 2.98. The molecular formula is C28H24F6N6O3S. The minimum Gasteiger partial charge on any atom is -0.454 e. The Morgan fingerprint density at radius 3 is 2.25 bits per heavy atom. The number of fused-ring (bicyclic) bond motifs is 1. The number of sulfonamides is 1. The lowest BCUT2D eigenvalue weighted by atomic mass is 10.0. The number of nitrogens with zero attached hydrogens (tertiary/aromatic N) is 4. The first-order valence-corrected chi connectivity index (χ1v) is 14.5. The van der Waals surface area contributed by atoms with Gasteiger partial charge in [-0.3, -0.25) is 0 Å². The van der Waals surface area contributed by atoms with Crippen molar-refractivity contribution >= 4 is 27.6 Å². The fraction of sp³-hybridized carbons (Fsp3) is 0.250. The zero-order chi connectivity index (χ0) is 31.5. The molecular weight excluding hydrogens is 614 g/mol. The van der Waals surface area contributed by atoms with E-state index in [0.717, 1.165) is 29.3 Å². The first-order chi connectivity index (χ1) is 20.8. The molecule has 2 N–H and O–H groups in total. The third-order valence-corrected chi connectivity index (χ3v) is 8.39. The lowest BCUT2D eigenvalue weighted by Gasteiger charge is -2.28. The van der Waals surface area contributed by atoms with E-state index in [0.29, 0.717) is 18.5 Å². The lowest BCUT2D eigenvalue weighted by Crippen LogP contribution is -2.35. The van der Waals surface area contributed by atoms with E-state index in [9.17, 15) is 34.8 Å². The van der Waals surface area contributed by atoms with Crippen molar-refractivity contribution < 1.29 is 39.5 Å². The molecule has 16 heteroatoms. The van der Waals surface area contributed by atoms with Gasteiger partial charge in [0.05, 0.1) is 10.5 Å². The number of benzene rings is 3. The number of hydrogen-bond acceptors (Lipinski definition) is 8. The zero-order valence-corrected chi connectivity index (χ0v) is 23.5. The summed E-state index contributed by atoms with van der Waals surface area (Å²) < 4.78 is 110. The number of alkyl halides is 6. The SMILES string of the molecule is O=S(=O)(c1ccc(CNc2nc(Nc3cccc(C(F)(F)F)c3)nc(OCC(F)(F)F)n2)cc1)N1CCc2ccccc2C1. The van der Waals surface area contributed by atoms with Gasteiger partial charge in [0.1, 0.15) is 0 Å². The van der Waals surface area contributed by atoms with Crippen LogP contribution >= 0.6 is 0 Å². The Hall–Kier alpha value is -4.44. The smallest absolute Gasteiger partial charge is 0.422 e. The highest BCUT2D eigenvalue weighted by Crippen LogP contribution is 2.31. The maximum Gasteiger partial charge on any atom is 0.422 e. The maximum absolute atomic E-state index is 13.2. The number of ether oxygens (including phenoxy) is 1. The Balaban J connectivity index is 1.30. The summed E-state index contributed by atoms with van der Waals surface area (Å²) in [5.41, 5.74) is 1.60. The van der Waals surface area contributed by atoms with E-state index in [1.54, 1.807) is 12.1 Å². The predicted octanol–water partition coefficient (Wildman–Crippen LogP) is 5.93. The van der Waals surface area contributed by atoms with Gasteiger partial charge in [0.15, 0.2) is 6.61 Å². The molecule has 1 aliphatic heterocycles. The molecule has 4 aromatic rings. The molecule has 0 saturated carbocycles. The molecule has 0 saturated heterocycles. The summed E-state index contributed by atoms with van der Waals surface area (Å²) in [5.74, 6) is -0.612. The number of nitrogens with one attached hydrogen (secondary N) is 2. The summed E-state index contributed by atoms with van der Waals surface area (Å²) in [4.78, 5) is 11.7. The predicted molar refractivity (Wildman–Crippen MR) is 148 cm³/mol. The van der Waals surface area contributed by atoms with E-state index in [2.05, 4.69) is 30.3 Å². The summed E-state index contributed by atoms with van der Waals surface area (Å²) in [5, 5.41) is 5.31. The second kappa shape index (κ2) is 12.3. The molecule has 3 aromatic carbocycles. The highest BCUT2D eigenvalue weighted by atomic mass is 32.2. The van der Waals surface area contributed by atoms with Crippen LogP contribution < -0.4 is 15.4 Å². The molecule has 0 amide bonds. The molecule has 0 fully saturated rings. The normalized spacial score (nSPS) is 14.1. The van der Waals surface area contributed by atoms with Crippen molar-refractivity contribution in [1.82, 2.24) is 19.3 Å². The summed E-state index contributed by atoms with van der Waals surface area (Å²) in [6.07, 6.45) is -8.73. The van der Waals surface area contributed by atoms with E-state index in [-0.39, 0.29) is 35.6 Å². The van der Waals surface area contributed by atoms with Crippen molar-refractivity contribution in [2.75, 3.05) is 23.8 Å². The van der Waals surface area contributed by atoms with Crippen molar-refractivity contribution in [3.8, 4) is 6.01 Å². The minimum atomic E-state index is -4.70. The van der Waals surface area contributed by atoms with Crippen molar-refractivity contribution in [2.45, 2.75) is 36.8 Å². The fourth-order valence-electron chi connectivity index (χ4n) is 4.39. The molecule has 9 nitrogen and oxygen atoms in total. The van der Waals surface area contributed by atoms with Gasteiger partial charge in [-0.05, 0) is 53.4 Å². The zero-order valence-electron chi connectivity index (χ0n) is 22.7. The first-order valence-electron chi connectivity index (χ1n) is 13.1. The van der Waals surface area contributed by atoms with E-state index >= 15 is 0 Å². The molecule has 1 aromatic heterocycles.